The van der Waals surface area contributed by atoms with Crippen LogP contribution in [0.5, 0.6) is 0 Å². The lowest BCUT2D eigenvalue weighted by atomic mass is 10.2. The summed E-state index contributed by atoms with van der Waals surface area (Å²) in [4.78, 5) is 26.2. The number of nitrogens with zero attached hydrogens (tertiary/aromatic N) is 1. The zero-order chi connectivity index (χ0) is 19.3. The number of hydrogen-bond donors (Lipinski definition) is 1. The van der Waals surface area contributed by atoms with E-state index in [1.165, 1.54) is 4.90 Å². The second-order valence-electron chi connectivity index (χ2n) is 5.48. The van der Waals surface area contributed by atoms with Gasteiger partial charge in [0.05, 0.1) is 11.3 Å². The number of carbonyl (C=O) groups is 2. The fourth-order valence-corrected chi connectivity index (χ4v) is 2.93. The molecule has 0 saturated heterocycles. The Hall–Kier alpha value is -2.10. The Balaban J connectivity index is 2.15. The molecule has 2 amide bonds. The maximum atomic E-state index is 13.7. The molecule has 8 heteroatoms. The number of hydrogen-bond acceptors (Lipinski definition) is 2. The molecule has 138 valence electrons. The highest BCUT2D eigenvalue weighted by atomic mass is 127. The average molecular weight is 476 g/mol. The Morgan fingerprint density at radius 1 is 1.08 bits per heavy atom. The third kappa shape index (κ3) is 4.75. The van der Waals surface area contributed by atoms with Crippen molar-refractivity contribution in [3.63, 3.8) is 0 Å². The molecule has 0 radical (unpaired) electrons. The Morgan fingerprint density at radius 3 is 2.42 bits per heavy atom. The topological polar surface area (TPSA) is 49.4 Å². The van der Waals surface area contributed by atoms with Crippen LogP contribution in [-0.2, 0) is 4.79 Å². The normalized spacial score (nSPS) is 10.5. The van der Waals surface area contributed by atoms with Crippen molar-refractivity contribution in [3.05, 3.63) is 63.0 Å². The van der Waals surface area contributed by atoms with Gasteiger partial charge in [0.1, 0.15) is 6.54 Å². The van der Waals surface area contributed by atoms with E-state index >= 15 is 0 Å². The van der Waals surface area contributed by atoms with Gasteiger partial charge in [-0.3, -0.25) is 9.59 Å². The van der Waals surface area contributed by atoms with Gasteiger partial charge < -0.3 is 10.2 Å². The second-order valence-corrected chi connectivity index (χ2v) is 6.64. The van der Waals surface area contributed by atoms with Crippen LogP contribution in [0.25, 0.3) is 0 Å². The highest BCUT2D eigenvalue weighted by molar-refractivity contribution is 14.1. The van der Waals surface area contributed by atoms with Crippen molar-refractivity contribution in [2.75, 3.05) is 18.4 Å². The molecule has 0 unspecified atom stereocenters. The lowest BCUT2D eigenvalue weighted by Crippen LogP contribution is -2.39. The maximum absolute atomic E-state index is 13.7. The molecule has 2 aromatic carbocycles. The summed E-state index contributed by atoms with van der Waals surface area (Å²) in [6, 6.07) is 8.58. The summed E-state index contributed by atoms with van der Waals surface area (Å²) < 4.78 is 40.6. The van der Waals surface area contributed by atoms with Crippen molar-refractivity contribution >= 4 is 40.1 Å². The van der Waals surface area contributed by atoms with Crippen LogP contribution < -0.4 is 5.32 Å². The van der Waals surface area contributed by atoms with E-state index < -0.39 is 29.0 Å². The van der Waals surface area contributed by atoms with Crippen LogP contribution in [0.2, 0.25) is 0 Å². The van der Waals surface area contributed by atoms with Gasteiger partial charge >= 0.3 is 0 Å². The number of benzene rings is 2. The first-order valence-electron chi connectivity index (χ1n) is 7.82. The molecule has 0 fully saturated rings. The van der Waals surface area contributed by atoms with Crippen LogP contribution in [-0.4, -0.2) is 29.8 Å². The van der Waals surface area contributed by atoms with Gasteiger partial charge in [0.25, 0.3) is 5.91 Å². The molecule has 0 aliphatic carbocycles. The molecule has 2 rings (SSSR count). The summed E-state index contributed by atoms with van der Waals surface area (Å²) in [5.41, 5.74) is -0.0274. The van der Waals surface area contributed by atoms with Crippen molar-refractivity contribution in [3.8, 4) is 0 Å². The lowest BCUT2D eigenvalue weighted by Gasteiger charge is -2.22. The van der Waals surface area contributed by atoms with E-state index in [0.29, 0.717) is 18.5 Å². The maximum Gasteiger partial charge on any atom is 0.255 e. The minimum Gasteiger partial charge on any atom is -0.329 e. The molecular weight excluding hydrogens is 460 g/mol. The highest BCUT2D eigenvalue weighted by Gasteiger charge is 2.21. The molecule has 2 aromatic rings. The van der Waals surface area contributed by atoms with Crippen LogP contribution >= 0.6 is 22.6 Å². The van der Waals surface area contributed by atoms with Gasteiger partial charge in [-0.05, 0) is 53.3 Å². The van der Waals surface area contributed by atoms with Crippen molar-refractivity contribution in [1.29, 1.82) is 0 Å². The largest absolute Gasteiger partial charge is 0.329 e. The minimum atomic E-state index is -1.66. The molecular formula is C18H16F3IN2O2. The second kappa shape index (κ2) is 9.02. The van der Waals surface area contributed by atoms with E-state index in [-0.39, 0.29) is 12.5 Å². The molecule has 0 atom stereocenters. The van der Waals surface area contributed by atoms with Gasteiger partial charge in [0, 0.05) is 10.1 Å². The number of rotatable bonds is 6. The van der Waals surface area contributed by atoms with Crippen LogP contribution in [0.4, 0.5) is 18.9 Å². The van der Waals surface area contributed by atoms with E-state index in [9.17, 15) is 22.8 Å². The third-order valence-corrected chi connectivity index (χ3v) is 4.47. The predicted octanol–water partition coefficient (Wildman–Crippen LogP) is 4.20. The molecule has 0 saturated carbocycles. The molecule has 0 aromatic heterocycles. The van der Waals surface area contributed by atoms with Crippen molar-refractivity contribution in [2.24, 2.45) is 0 Å². The first-order valence-corrected chi connectivity index (χ1v) is 8.90. The smallest absolute Gasteiger partial charge is 0.255 e. The summed E-state index contributed by atoms with van der Waals surface area (Å²) >= 11 is 2.03. The molecule has 4 nitrogen and oxygen atoms in total. The molecule has 0 heterocycles. The molecule has 26 heavy (non-hydrogen) atoms. The van der Waals surface area contributed by atoms with E-state index in [0.717, 1.165) is 15.7 Å². The molecule has 1 N–H and O–H groups in total. The zero-order valence-electron chi connectivity index (χ0n) is 13.9. The van der Waals surface area contributed by atoms with E-state index in [1.54, 1.807) is 24.3 Å². The minimum absolute atomic E-state index is 0.317. The molecule has 0 bridgehead atoms. The van der Waals surface area contributed by atoms with Gasteiger partial charge in [0.2, 0.25) is 5.91 Å². The van der Waals surface area contributed by atoms with Gasteiger partial charge in [-0.1, -0.05) is 19.1 Å². The highest BCUT2D eigenvalue weighted by Crippen LogP contribution is 2.20. The number of halogens is 4. The van der Waals surface area contributed by atoms with Crippen molar-refractivity contribution < 1.29 is 22.8 Å². The summed E-state index contributed by atoms with van der Waals surface area (Å²) in [7, 11) is 0. The summed E-state index contributed by atoms with van der Waals surface area (Å²) in [6.07, 6.45) is 0.613. The van der Waals surface area contributed by atoms with Crippen LogP contribution in [0, 0.1) is 21.0 Å². The Bertz CT molecular complexity index is 830. The summed E-state index contributed by atoms with van der Waals surface area (Å²) in [6.45, 7) is 1.83. The molecule has 0 aliphatic heterocycles. The zero-order valence-corrected chi connectivity index (χ0v) is 16.0. The number of amides is 2. The number of nitrogens with one attached hydrogen (secondary N) is 1. The standard InChI is InChI=1S/C18H16F3IN2O2/c1-2-9-24(18(26)11-5-3-4-6-13(11)22)10-15(25)23-14-8-7-12(19)16(20)17(14)21/h3-8H,2,9-10H2,1H3,(H,23,25). The van der Waals surface area contributed by atoms with E-state index in [4.69, 9.17) is 0 Å². The fraction of sp³-hybridized carbons (Fsp3) is 0.222. The van der Waals surface area contributed by atoms with Gasteiger partial charge in [-0.2, -0.15) is 0 Å². The summed E-state index contributed by atoms with van der Waals surface area (Å²) in [5.74, 6) is -5.53. The van der Waals surface area contributed by atoms with Crippen molar-refractivity contribution in [1.82, 2.24) is 4.90 Å². The Labute approximate surface area is 162 Å². The average Bonchev–Trinajstić information content (AvgIpc) is 2.62. The van der Waals surface area contributed by atoms with E-state index in [1.807, 2.05) is 29.5 Å². The van der Waals surface area contributed by atoms with Crippen LogP contribution in [0.1, 0.15) is 23.7 Å². The van der Waals surface area contributed by atoms with Crippen LogP contribution in [0.15, 0.2) is 36.4 Å². The Kier molecular flexibility index (Phi) is 7.01. The molecule has 0 aliphatic rings. The quantitative estimate of drug-likeness (QED) is 0.502. The number of anilines is 1. The van der Waals surface area contributed by atoms with Gasteiger partial charge in [-0.15, -0.1) is 0 Å². The van der Waals surface area contributed by atoms with Crippen molar-refractivity contribution in [2.45, 2.75) is 13.3 Å². The first-order chi connectivity index (χ1) is 12.3. The predicted molar refractivity (Wildman–Crippen MR) is 100 cm³/mol. The lowest BCUT2D eigenvalue weighted by molar-refractivity contribution is -0.116. The first kappa shape index (κ1) is 20.2. The summed E-state index contributed by atoms with van der Waals surface area (Å²) in [5, 5.41) is 2.17. The fourth-order valence-electron chi connectivity index (χ4n) is 2.31. The molecule has 0 spiro atoms. The third-order valence-electron chi connectivity index (χ3n) is 3.53. The van der Waals surface area contributed by atoms with Gasteiger partial charge in [-0.25, -0.2) is 13.2 Å². The van der Waals surface area contributed by atoms with Crippen LogP contribution in [0.3, 0.4) is 0 Å². The van der Waals surface area contributed by atoms with E-state index in [2.05, 4.69) is 5.32 Å². The Morgan fingerprint density at radius 2 is 1.77 bits per heavy atom. The monoisotopic (exact) mass is 476 g/mol. The van der Waals surface area contributed by atoms with Gasteiger partial charge in [0.15, 0.2) is 17.5 Å². The number of carbonyl (C=O) groups excluding carboxylic acids is 2. The SMILES string of the molecule is CCCN(CC(=O)Nc1ccc(F)c(F)c1F)C(=O)c1ccccc1I.